The number of likely N-dealkylation sites (tertiary alicyclic amines) is 1. The average Bonchev–Trinajstić information content (AvgIpc) is 2.28. The molecule has 1 fully saturated rings. The van der Waals surface area contributed by atoms with E-state index < -0.39 is 0 Å². The van der Waals surface area contributed by atoms with Gasteiger partial charge in [-0.2, -0.15) is 0 Å². The van der Waals surface area contributed by atoms with Crippen LogP contribution in [-0.2, 0) is 0 Å². The van der Waals surface area contributed by atoms with E-state index in [1.165, 1.54) is 12.8 Å². The molecule has 1 aliphatic rings. The molecule has 0 saturated carbocycles. The summed E-state index contributed by atoms with van der Waals surface area (Å²) < 4.78 is 0. The van der Waals surface area contributed by atoms with E-state index >= 15 is 0 Å². The monoisotopic (exact) mass is 226 g/mol. The molecule has 0 aromatic rings. The van der Waals surface area contributed by atoms with Crippen molar-refractivity contribution >= 4 is 6.03 Å². The summed E-state index contributed by atoms with van der Waals surface area (Å²) in [6, 6.07) is 0.259. The summed E-state index contributed by atoms with van der Waals surface area (Å²) in [5, 5.41) is 0. The number of urea groups is 1. The smallest absolute Gasteiger partial charge is 0.320 e. The SMILES string of the molecule is CCCN(CCC)C(=O)N1CCCC(C)C1. The summed E-state index contributed by atoms with van der Waals surface area (Å²) in [4.78, 5) is 16.3. The maximum absolute atomic E-state index is 12.3. The van der Waals surface area contributed by atoms with Crippen LogP contribution in [0, 0.1) is 5.92 Å². The Morgan fingerprint density at radius 3 is 2.44 bits per heavy atom. The molecule has 94 valence electrons. The van der Waals surface area contributed by atoms with E-state index in [0.29, 0.717) is 5.92 Å². The van der Waals surface area contributed by atoms with Crippen LogP contribution < -0.4 is 0 Å². The highest BCUT2D eigenvalue weighted by molar-refractivity contribution is 5.74. The van der Waals surface area contributed by atoms with Gasteiger partial charge in [0.2, 0.25) is 0 Å². The Kier molecular flexibility index (Phi) is 5.64. The molecule has 3 heteroatoms. The Hall–Kier alpha value is -0.730. The number of piperidine rings is 1. The van der Waals surface area contributed by atoms with E-state index in [1.54, 1.807) is 0 Å². The van der Waals surface area contributed by atoms with Gasteiger partial charge < -0.3 is 9.80 Å². The van der Waals surface area contributed by atoms with Gasteiger partial charge >= 0.3 is 6.03 Å². The molecule has 0 spiro atoms. The van der Waals surface area contributed by atoms with Gasteiger partial charge in [-0.1, -0.05) is 20.8 Å². The van der Waals surface area contributed by atoms with Crippen molar-refractivity contribution in [3.05, 3.63) is 0 Å². The third-order valence-corrected chi connectivity index (χ3v) is 3.19. The van der Waals surface area contributed by atoms with Gasteiger partial charge in [-0.3, -0.25) is 0 Å². The normalized spacial score (nSPS) is 20.9. The van der Waals surface area contributed by atoms with E-state index in [0.717, 1.165) is 39.0 Å². The predicted molar refractivity (Wildman–Crippen MR) is 67.5 cm³/mol. The van der Waals surface area contributed by atoms with Crippen molar-refractivity contribution in [3.63, 3.8) is 0 Å². The van der Waals surface area contributed by atoms with Gasteiger partial charge in [0.25, 0.3) is 0 Å². The molecule has 16 heavy (non-hydrogen) atoms. The van der Waals surface area contributed by atoms with Crippen LogP contribution in [0.1, 0.15) is 46.5 Å². The molecule has 3 nitrogen and oxygen atoms in total. The topological polar surface area (TPSA) is 23.6 Å². The second-order valence-corrected chi connectivity index (χ2v) is 4.96. The first-order chi connectivity index (χ1) is 7.69. The van der Waals surface area contributed by atoms with E-state index in [4.69, 9.17) is 0 Å². The first kappa shape index (κ1) is 13.3. The molecule has 0 aromatic heterocycles. The van der Waals surface area contributed by atoms with Gasteiger partial charge in [-0.25, -0.2) is 4.79 Å². The minimum atomic E-state index is 0.259. The first-order valence-corrected chi connectivity index (χ1v) is 6.72. The Labute approximate surface area is 99.8 Å². The Morgan fingerprint density at radius 1 is 1.31 bits per heavy atom. The first-order valence-electron chi connectivity index (χ1n) is 6.72. The van der Waals surface area contributed by atoms with Crippen LogP contribution in [0.5, 0.6) is 0 Å². The van der Waals surface area contributed by atoms with E-state index in [2.05, 4.69) is 20.8 Å². The maximum Gasteiger partial charge on any atom is 0.320 e. The zero-order chi connectivity index (χ0) is 12.0. The molecule has 1 heterocycles. The molecule has 0 bridgehead atoms. The summed E-state index contributed by atoms with van der Waals surface area (Å²) in [6.45, 7) is 10.2. The van der Waals surface area contributed by atoms with Crippen LogP contribution in [0.4, 0.5) is 4.79 Å². The molecular formula is C13H26N2O. The number of nitrogens with zero attached hydrogens (tertiary/aromatic N) is 2. The quantitative estimate of drug-likeness (QED) is 0.723. The van der Waals surface area contributed by atoms with Crippen LogP contribution in [0.3, 0.4) is 0 Å². The molecule has 1 rings (SSSR count). The van der Waals surface area contributed by atoms with E-state index in [1.807, 2.05) is 9.80 Å². The highest BCUT2D eigenvalue weighted by Crippen LogP contribution is 2.17. The largest absolute Gasteiger partial charge is 0.325 e. The molecule has 0 aliphatic carbocycles. The van der Waals surface area contributed by atoms with Gasteiger partial charge in [-0.15, -0.1) is 0 Å². The molecular weight excluding hydrogens is 200 g/mol. The lowest BCUT2D eigenvalue weighted by Crippen LogP contribution is -2.47. The van der Waals surface area contributed by atoms with Crippen molar-refractivity contribution < 1.29 is 4.79 Å². The number of carbonyl (C=O) groups is 1. The van der Waals surface area contributed by atoms with Gasteiger partial charge in [0, 0.05) is 26.2 Å². The zero-order valence-corrected chi connectivity index (χ0v) is 11.0. The number of carbonyl (C=O) groups excluding carboxylic acids is 1. The van der Waals surface area contributed by atoms with E-state index in [-0.39, 0.29) is 6.03 Å². The molecule has 1 unspecified atom stereocenters. The second kappa shape index (κ2) is 6.77. The fourth-order valence-electron chi connectivity index (χ4n) is 2.41. The third-order valence-electron chi connectivity index (χ3n) is 3.19. The highest BCUT2D eigenvalue weighted by atomic mass is 16.2. The van der Waals surface area contributed by atoms with Crippen molar-refractivity contribution in [3.8, 4) is 0 Å². The predicted octanol–water partition coefficient (Wildman–Crippen LogP) is 2.96. The van der Waals surface area contributed by atoms with Crippen LogP contribution in [0.2, 0.25) is 0 Å². The van der Waals surface area contributed by atoms with Crippen LogP contribution in [0.25, 0.3) is 0 Å². The lowest BCUT2D eigenvalue weighted by atomic mass is 10.0. The van der Waals surface area contributed by atoms with Crippen molar-refractivity contribution in [2.75, 3.05) is 26.2 Å². The minimum absolute atomic E-state index is 0.259. The summed E-state index contributed by atoms with van der Waals surface area (Å²) in [5.41, 5.74) is 0. The van der Waals surface area contributed by atoms with Crippen LogP contribution in [0.15, 0.2) is 0 Å². The molecule has 1 saturated heterocycles. The van der Waals surface area contributed by atoms with Crippen LogP contribution in [-0.4, -0.2) is 42.0 Å². The lowest BCUT2D eigenvalue weighted by Gasteiger charge is -2.35. The second-order valence-electron chi connectivity index (χ2n) is 4.96. The van der Waals surface area contributed by atoms with Gasteiger partial charge in [0.15, 0.2) is 0 Å². The fourth-order valence-corrected chi connectivity index (χ4v) is 2.41. The third kappa shape index (κ3) is 3.69. The number of hydrogen-bond donors (Lipinski definition) is 0. The number of hydrogen-bond acceptors (Lipinski definition) is 1. The highest BCUT2D eigenvalue weighted by Gasteiger charge is 2.24. The maximum atomic E-state index is 12.3. The molecule has 1 atom stereocenters. The summed E-state index contributed by atoms with van der Waals surface area (Å²) in [5.74, 6) is 0.669. The Morgan fingerprint density at radius 2 is 1.94 bits per heavy atom. The Bertz CT molecular complexity index is 205. The lowest BCUT2D eigenvalue weighted by molar-refractivity contribution is 0.131. The van der Waals surface area contributed by atoms with Crippen LogP contribution >= 0.6 is 0 Å². The summed E-state index contributed by atoms with van der Waals surface area (Å²) in [7, 11) is 0. The van der Waals surface area contributed by atoms with Crippen molar-refractivity contribution in [1.82, 2.24) is 9.80 Å². The van der Waals surface area contributed by atoms with Gasteiger partial charge in [-0.05, 0) is 31.6 Å². The molecule has 0 aromatic carbocycles. The molecule has 0 N–H and O–H groups in total. The van der Waals surface area contributed by atoms with Gasteiger partial charge in [0.05, 0.1) is 0 Å². The summed E-state index contributed by atoms with van der Waals surface area (Å²) in [6.07, 6.45) is 4.54. The Balaban J connectivity index is 2.51. The van der Waals surface area contributed by atoms with Crippen molar-refractivity contribution in [2.45, 2.75) is 46.5 Å². The van der Waals surface area contributed by atoms with Gasteiger partial charge in [0.1, 0.15) is 0 Å². The molecule has 0 radical (unpaired) electrons. The standard InChI is InChI=1S/C13H26N2O/c1-4-8-14(9-5-2)13(16)15-10-6-7-12(3)11-15/h12H,4-11H2,1-3H3. The summed E-state index contributed by atoms with van der Waals surface area (Å²) >= 11 is 0. The number of rotatable bonds is 4. The van der Waals surface area contributed by atoms with Crippen molar-refractivity contribution in [1.29, 1.82) is 0 Å². The molecule has 2 amide bonds. The average molecular weight is 226 g/mol. The van der Waals surface area contributed by atoms with E-state index in [9.17, 15) is 4.79 Å². The van der Waals surface area contributed by atoms with Crippen molar-refractivity contribution in [2.24, 2.45) is 5.92 Å². The fraction of sp³-hybridized carbons (Fsp3) is 0.923. The zero-order valence-electron chi connectivity index (χ0n) is 11.0. The minimum Gasteiger partial charge on any atom is -0.325 e. The molecule has 1 aliphatic heterocycles. The number of amides is 2.